The number of aromatic nitrogens is 1. The third-order valence-corrected chi connectivity index (χ3v) is 4.59. The molecule has 1 fully saturated rings. The molecule has 148 valence electrons. The van der Waals surface area contributed by atoms with Crippen LogP contribution >= 0.6 is 0 Å². The molecule has 2 heterocycles. The highest BCUT2D eigenvalue weighted by Crippen LogP contribution is 2.18. The van der Waals surface area contributed by atoms with Gasteiger partial charge in [-0.3, -0.25) is 4.79 Å². The summed E-state index contributed by atoms with van der Waals surface area (Å²) in [4.78, 5) is 31.2. The fraction of sp³-hybridized carbons (Fsp3) is 0.409. The summed E-state index contributed by atoms with van der Waals surface area (Å²) in [7, 11) is 0. The number of piperidine rings is 1. The number of hydrogen-bond donors (Lipinski definition) is 1. The molecule has 6 nitrogen and oxygen atoms in total. The van der Waals surface area contributed by atoms with Crippen LogP contribution in [0.25, 0.3) is 0 Å². The van der Waals surface area contributed by atoms with E-state index in [1.54, 1.807) is 30.5 Å². The number of carbonyl (C=O) groups is 2. The van der Waals surface area contributed by atoms with Crippen molar-refractivity contribution in [2.75, 3.05) is 18.0 Å². The number of nitrogens with one attached hydrogen (secondary N) is 1. The first kappa shape index (κ1) is 19.9. The van der Waals surface area contributed by atoms with Gasteiger partial charge in [0.15, 0.2) is 0 Å². The molecule has 1 amide bonds. The molecule has 0 bridgehead atoms. The van der Waals surface area contributed by atoms with Crippen molar-refractivity contribution in [1.82, 2.24) is 10.3 Å². The second-order valence-electron chi connectivity index (χ2n) is 8.00. The minimum absolute atomic E-state index is 0.118. The fourth-order valence-corrected chi connectivity index (χ4v) is 3.16. The largest absolute Gasteiger partial charge is 0.456 e. The standard InChI is InChI=1S/C22H27N3O3/c1-22(2,3)28-21(27)17-9-7-16(8-10-17)20(26)24-18-11-14-25(15-12-18)19-6-4-5-13-23-19/h4-10,13,18H,11-12,14-15H2,1-3H3,(H,24,26). The summed E-state index contributed by atoms with van der Waals surface area (Å²) in [5.74, 6) is 0.471. The molecular weight excluding hydrogens is 354 g/mol. The van der Waals surface area contributed by atoms with Gasteiger partial charge in [0, 0.05) is 30.9 Å². The maximum absolute atomic E-state index is 12.5. The van der Waals surface area contributed by atoms with Crippen molar-refractivity contribution in [1.29, 1.82) is 0 Å². The summed E-state index contributed by atoms with van der Waals surface area (Å²) >= 11 is 0. The summed E-state index contributed by atoms with van der Waals surface area (Å²) in [6.45, 7) is 7.20. The van der Waals surface area contributed by atoms with E-state index in [-0.39, 0.29) is 17.9 Å². The Labute approximate surface area is 165 Å². The van der Waals surface area contributed by atoms with Gasteiger partial charge in [-0.05, 0) is 70.0 Å². The van der Waals surface area contributed by atoms with Crippen molar-refractivity contribution in [2.24, 2.45) is 0 Å². The van der Waals surface area contributed by atoms with Gasteiger partial charge in [0.1, 0.15) is 11.4 Å². The van der Waals surface area contributed by atoms with Crippen LogP contribution in [0.15, 0.2) is 48.7 Å². The SMILES string of the molecule is CC(C)(C)OC(=O)c1ccc(C(=O)NC2CCN(c3ccccn3)CC2)cc1. The number of benzene rings is 1. The van der Waals surface area contributed by atoms with E-state index in [1.807, 2.05) is 39.0 Å². The van der Waals surface area contributed by atoms with Gasteiger partial charge < -0.3 is 15.0 Å². The first-order valence-electron chi connectivity index (χ1n) is 9.62. The van der Waals surface area contributed by atoms with E-state index < -0.39 is 5.60 Å². The molecule has 0 unspecified atom stereocenters. The maximum atomic E-state index is 12.5. The van der Waals surface area contributed by atoms with E-state index in [0.717, 1.165) is 31.7 Å². The van der Waals surface area contributed by atoms with E-state index in [4.69, 9.17) is 4.74 Å². The topological polar surface area (TPSA) is 71.5 Å². The van der Waals surface area contributed by atoms with Gasteiger partial charge >= 0.3 is 5.97 Å². The number of hydrogen-bond acceptors (Lipinski definition) is 5. The quantitative estimate of drug-likeness (QED) is 0.822. The Morgan fingerprint density at radius 3 is 2.25 bits per heavy atom. The van der Waals surface area contributed by atoms with Crippen molar-refractivity contribution >= 4 is 17.7 Å². The lowest BCUT2D eigenvalue weighted by Crippen LogP contribution is -2.44. The van der Waals surface area contributed by atoms with Crippen molar-refractivity contribution < 1.29 is 14.3 Å². The van der Waals surface area contributed by atoms with Gasteiger partial charge in [0.25, 0.3) is 5.91 Å². The third kappa shape index (κ3) is 5.31. The van der Waals surface area contributed by atoms with E-state index >= 15 is 0 Å². The van der Waals surface area contributed by atoms with Crippen LogP contribution in [-0.2, 0) is 4.74 Å². The van der Waals surface area contributed by atoms with E-state index in [2.05, 4.69) is 15.2 Å². The van der Waals surface area contributed by atoms with Gasteiger partial charge in [-0.15, -0.1) is 0 Å². The molecule has 1 saturated heterocycles. The highest BCUT2D eigenvalue weighted by atomic mass is 16.6. The van der Waals surface area contributed by atoms with Crippen LogP contribution < -0.4 is 10.2 Å². The lowest BCUT2D eigenvalue weighted by molar-refractivity contribution is 0.00693. The lowest BCUT2D eigenvalue weighted by Gasteiger charge is -2.33. The summed E-state index contributed by atoms with van der Waals surface area (Å²) < 4.78 is 5.34. The Bertz CT molecular complexity index is 805. The van der Waals surface area contributed by atoms with Crippen molar-refractivity contribution in [3.8, 4) is 0 Å². The van der Waals surface area contributed by atoms with Crippen molar-refractivity contribution in [3.05, 3.63) is 59.8 Å². The van der Waals surface area contributed by atoms with Crippen LogP contribution in [0.2, 0.25) is 0 Å². The average molecular weight is 381 g/mol. The van der Waals surface area contributed by atoms with Gasteiger partial charge in [-0.1, -0.05) is 6.07 Å². The Hall–Kier alpha value is -2.89. The summed E-state index contributed by atoms with van der Waals surface area (Å²) in [6, 6.07) is 12.6. The molecule has 0 atom stereocenters. The van der Waals surface area contributed by atoms with Crippen LogP contribution in [0.4, 0.5) is 5.82 Å². The second-order valence-corrected chi connectivity index (χ2v) is 8.00. The second kappa shape index (κ2) is 8.42. The highest BCUT2D eigenvalue weighted by Gasteiger charge is 2.22. The molecule has 0 spiro atoms. The van der Waals surface area contributed by atoms with Gasteiger partial charge in [0.2, 0.25) is 0 Å². The first-order valence-corrected chi connectivity index (χ1v) is 9.62. The average Bonchev–Trinajstić information content (AvgIpc) is 2.68. The molecular formula is C22H27N3O3. The molecule has 0 radical (unpaired) electrons. The van der Waals surface area contributed by atoms with Crippen molar-refractivity contribution in [3.63, 3.8) is 0 Å². The Morgan fingerprint density at radius 2 is 1.68 bits per heavy atom. The molecule has 0 saturated carbocycles. The number of carbonyl (C=O) groups excluding carboxylic acids is 2. The molecule has 3 rings (SSSR count). The molecule has 1 N–H and O–H groups in total. The van der Waals surface area contributed by atoms with Crippen LogP contribution in [0.5, 0.6) is 0 Å². The van der Waals surface area contributed by atoms with E-state index in [9.17, 15) is 9.59 Å². The number of ether oxygens (including phenoxy) is 1. The summed E-state index contributed by atoms with van der Waals surface area (Å²) in [5, 5.41) is 3.09. The monoisotopic (exact) mass is 381 g/mol. The van der Waals surface area contributed by atoms with Crippen LogP contribution in [0.3, 0.4) is 0 Å². The molecule has 0 aliphatic carbocycles. The molecule has 28 heavy (non-hydrogen) atoms. The van der Waals surface area contributed by atoms with E-state index in [1.165, 1.54) is 0 Å². The van der Waals surface area contributed by atoms with Gasteiger partial charge in [0.05, 0.1) is 5.56 Å². The first-order chi connectivity index (χ1) is 13.3. The minimum atomic E-state index is -0.544. The fourth-order valence-electron chi connectivity index (χ4n) is 3.16. The lowest BCUT2D eigenvalue weighted by atomic mass is 10.0. The molecule has 2 aromatic rings. The smallest absolute Gasteiger partial charge is 0.338 e. The molecule has 1 aromatic carbocycles. The normalized spacial score (nSPS) is 15.2. The predicted octanol–water partition coefficient (Wildman–Crippen LogP) is 3.44. The zero-order chi connectivity index (χ0) is 20.1. The van der Waals surface area contributed by atoms with Gasteiger partial charge in [-0.25, -0.2) is 9.78 Å². The molecule has 6 heteroatoms. The number of anilines is 1. The van der Waals surface area contributed by atoms with E-state index in [0.29, 0.717) is 11.1 Å². The van der Waals surface area contributed by atoms with Crippen LogP contribution in [0, 0.1) is 0 Å². The Balaban J connectivity index is 1.52. The number of rotatable bonds is 4. The molecule has 1 aliphatic rings. The highest BCUT2D eigenvalue weighted by molar-refractivity contribution is 5.96. The summed E-state index contributed by atoms with van der Waals surface area (Å²) in [6.07, 6.45) is 3.54. The Morgan fingerprint density at radius 1 is 1.04 bits per heavy atom. The zero-order valence-corrected chi connectivity index (χ0v) is 16.6. The number of esters is 1. The van der Waals surface area contributed by atoms with Crippen LogP contribution in [-0.4, -0.2) is 41.6 Å². The minimum Gasteiger partial charge on any atom is -0.456 e. The summed E-state index contributed by atoms with van der Waals surface area (Å²) in [5.41, 5.74) is 0.437. The van der Waals surface area contributed by atoms with Crippen LogP contribution in [0.1, 0.15) is 54.3 Å². The maximum Gasteiger partial charge on any atom is 0.338 e. The van der Waals surface area contributed by atoms with Gasteiger partial charge in [-0.2, -0.15) is 0 Å². The number of pyridine rings is 1. The predicted molar refractivity (Wildman–Crippen MR) is 109 cm³/mol. The Kier molecular flexibility index (Phi) is 5.97. The molecule has 1 aliphatic heterocycles. The number of nitrogens with zero attached hydrogens (tertiary/aromatic N) is 2. The zero-order valence-electron chi connectivity index (χ0n) is 16.6. The molecule has 1 aromatic heterocycles. The number of amides is 1. The third-order valence-electron chi connectivity index (χ3n) is 4.59. The van der Waals surface area contributed by atoms with Crippen molar-refractivity contribution in [2.45, 2.75) is 45.3 Å².